The van der Waals surface area contributed by atoms with Crippen molar-refractivity contribution in [3.8, 4) is 22.9 Å². The maximum absolute atomic E-state index is 13.2. The van der Waals surface area contributed by atoms with Crippen molar-refractivity contribution in [2.75, 3.05) is 20.8 Å². The number of carbonyl (C=O) groups excluding carboxylic acids is 1. The molecule has 1 aliphatic heterocycles. The number of alkyl halides is 3. The number of ether oxygens (including phenoxy) is 2. The molecular formula is C22H20F3N3O4. The van der Waals surface area contributed by atoms with Gasteiger partial charge in [-0.05, 0) is 37.1 Å². The number of benzene rings is 2. The monoisotopic (exact) mass is 447 g/mol. The summed E-state index contributed by atoms with van der Waals surface area (Å²) in [5.41, 5.74) is -0.236. The molecule has 0 radical (unpaired) electrons. The predicted octanol–water partition coefficient (Wildman–Crippen LogP) is 4.75. The first kappa shape index (κ1) is 21.7. The van der Waals surface area contributed by atoms with E-state index >= 15 is 0 Å². The number of nitrogens with zero attached hydrogens (tertiary/aromatic N) is 3. The van der Waals surface area contributed by atoms with Crippen LogP contribution < -0.4 is 9.47 Å². The van der Waals surface area contributed by atoms with Crippen molar-refractivity contribution in [3.05, 3.63) is 59.5 Å². The molecule has 2 heterocycles. The molecule has 32 heavy (non-hydrogen) atoms. The highest BCUT2D eigenvalue weighted by atomic mass is 19.4. The Morgan fingerprint density at radius 1 is 1.12 bits per heavy atom. The van der Waals surface area contributed by atoms with Crippen molar-refractivity contribution in [2.24, 2.45) is 0 Å². The highest BCUT2D eigenvalue weighted by Gasteiger charge is 2.35. The van der Waals surface area contributed by atoms with E-state index in [9.17, 15) is 18.0 Å². The van der Waals surface area contributed by atoms with Crippen molar-refractivity contribution < 1.29 is 32.0 Å². The normalized spacial score (nSPS) is 16.3. The van der Waals surface area contributed by atoms with Gasteiger partial charge >= 0.3 is 6.18 Å². The average Bonchev–Trinajstić information content (AvgIpc) is 3.47. The van der Waals surface area contributed by atoms with E-state index in [0.717, 1.165) is 18.6 Å². The summed E-state index contributed by atoms with van der Waals surface area (Å²) in [6.45, 7) is 0.476. The molecule has 0 N–H and O–H groups in total. The molecule has 0 aliphatic carbocycles. The molecule has 1 aliphatic rings. The van der Waals surface area contributed by atoms with Crippen molar-refractivity contribution in [1.82, 2.24) is 15.0 Å². The van der Waals surface area contributed by atoms with Crippen LogP contribution in [0.5, 0.6) is 11.5 Å². The zero-order valence-electron chi connectivity index (χ0n) is 17.3. The second kappa shape index (κ2) is 8.52. The van der Waals surface area contributed by atoms with Crippen LogP contribution in [0.4, 0.5) is 13.2 Å². The Hall–Kier alpha value is -3.56. The van der Waals surface area contributed by atoms with Crippen molar-refractivity contribution in [3.63, 3.8) is 0 Å². The van der Waals surface area contributed by atoms with Crippen LogP contribution in [0.3, 0.4) is 0 Å². The number of rotatable bonds is 5. The third-order valence-corrected chi connectivity index (χ3v) is 5.29. The Labute approximate surface area is 181 Å². The Bertz CT molecular complexity index is 1110. The van der Waals surface area contributed by atoms with Crippen LogP contribution in [-0.2, 0) is 6.18 Å². The van der Waals surface area contributed by atoms with Crippen molar-refractivity contribution >= 4 is 5.91 Å². The van der Waals surface area contributed by atoms with Crippen LogP contribution >= 0.6 is 0 Å². The molecule has 1 aromatic heterocycles. The third-order valence-electron chi connectivity index (χ3n) is 5.29. The van der Waals surface area contributed by atoms with E-state index in [1.54, 1.807) is 23.1 Å². The Morgan fingerprint density at radius 2 is 1.84 bits per heavy atom. The molecule has 1 fully saturated rings. The maximum atomic E-state index is 13.2. The Balaban J connectivity index is 1.60. The topological polar surface area (TPSA) is 77.7 Å². The minimum atomic E-state index is -4.48. The van der Waals surface area contributed by atoms with E-state index in [4.69, 9.17) is 14.0 Å². The second-order valence-electron chi connectivity index (χ2n) is 7.29. The highest BCUT2D eigenvalue weighted by Crippen LogP contribution is 2.35. The van der Waals surface area contributed by atoms with Crippen LogP contribution in [-0.4, -0.2) is 41.7 Å². The summed E-state index contributed by atoms with van der Waals surface area (Å²) >= 11 is 0. The quantitative estimate of drug-likeness (QED) is 0.562. The Morgan fingerprint density at radius 3 is 2.50 bits per heavy atom. The maximum Gasteiger partial charge on any atom is 0.416 e. The lowest BCUT2D eigenvalue weighted by atomic mass is 10.1. The first-order chi connectivity index (χ1) is 15.3. The van der Waals surface area contributed by atoms with Crippen LogP contribution in [0.25, 0.3) is 11.4 Å². The number of methoxy groups -OCH3 is 2. The van der Waals surface area contributed by atoms with Gasteiger partial charge in [0.2, 0.25) is 11.7 Å². The lowest BCUT2D eigenvalue weighted by molar-refractivity contribution is -0.137. The minimum absolute atomic E-state index is 0.0356. The number of carbonyl (C=O) groups is 1. The zero-order valence-corrected chi connectivity index (χ0v) is 17.3. The van der Waals surface area contributed by atoms with Gasteiger partial charge in [-0.1, -0.05) is 17.3 Å². The van der Waals surface area contributed by atoms with Crippen LogP contribution in [0.15, 0.2) is 47.0 Å². The van der Waals surface area contributed by atoms with E-state index in [1.807, 2.05) is 0 Å². The molecule has 1 atom stereocenters. The summed E-state index contributed by atoms with van der Waals surface area (Å²) in [6.07, 6.45) is -3.16. The summed E-state index contributed by atoms with van der Waals surface area (Å²) in [5, 5.41) is 3.84. The summed E-state index contributed by atoms with van der Waals surface area (Å²) < 4.78 is 54.9. The third kappa shape index (κ3) is 4.25. The lowest BCUT2D eigenvalue weighted by Crippen LogP contribution is -2.30. The summed E-state index contributed by atoms with van der Waals surface area (Å²) in [4.78, 5) is 19.1. The highest BCUT2D eigenvalue weighted by molar-refractivity contribution is 5.95. The van der Waals surface area contributed by atoms with Gasteiger partial charge in [-0.3, -0.25) is 4.79 Å². The van der Waals surface area contributed by atoms with Crippen LogP contribution in [0, 0.1) is 0 Å². The van der Waals surface area contributed by atoms with Gasteiger partial charge in [0.25, 0.3) is 5.91 Å². The van der Waals surface area contributed by atoms with E-state index in [-0.39, 0.29) is 23.2 Å². The predicted molar refractivity (Wildman–Crippen MR) is 107 cm³/mol. The first-order valence-corrected chi connectivity index (χ1v) is 9.85. The standard InChI is InChI=1S/C22H20F3N3O4/c1-30-16-10-14(11-17(12-16)31-2)21(29)28-8-4-7-18(28)20-26-19(27-32-20)13-5-3-6-15(9-13)22(23,24)25/h3,5-6,9-12,18H,4,7-8H2,1-2H3. The van der Waals surface area contributed by atoms with Gasteiger partial charge in [-0.25, -0.2) is 0 Å². The van der Waals surface area contributed by atoms with Gasteiger partial charge in [0, 0.05) is 23.7 Å². The fourth-order valence-corrected chi connectivity index (χ4v) is 3.69. The van der Waals surface area contributed by atoms with Gasteiger partial charge in [0.05, 0.1) is 19.8 Å². The van der Waals surface area contributed by atoms with Gasteiger partial charge in [-0.15, -0.1) is 0 Å². The molecule has 4 rings (SSSR count). The molecule has 0 bridgehead atoms. The van der Waals surface area contributed by atoms with Gasteiger partial charge in [0.1, 0.15) is 17.5 Å². The molecule has 168 valence electrons. The molecule has 3 aromatic rings. The molecule has 0 spiro atoms. The fourth-order valence-electron chi connectivity index (χ4n) is 3.69. The number of halogens is 3. The van der Waals surface area contributed by atoms with E-state index < -0.39 is 17.8 Å². The van der Waals surface area contributed by atoms with E-state index in [0.29, 0.717) is 30.0 Å². The van der Waals surface area contributed by atoms with Crippen molar-refractivity contribution in [1.29, 1.82) is 0 Å². The minimum Gasteiger partial charge on any atom is -0.497 e. The lowest BCUT2D eigenvalue weighted by Gasteiger charge is -2.22. The first-order valence-electron chi connectivity index (χ1n) is 9.85. The molecular weight excluding hydrogens is 427 g/mol. The van der Waals surface area contributed by atoms with E-state index in [1.165, 1.54) is 26.4 Å². The molecule has 1 saturated heterocycles. The molecule has 7 nitrogen and oxygen atoms in total. The molecule has 2 aromatic carbocycles. The molecule has 10 heteroatoms. The number of amides is 1. The van der Waals surface area contributed by atoms with E-state index in [2.05, 4.69) is 10.1 Å². The zero-order chi connectivity index (χ0) is 22.9. The van der Waals surface area contributed by atoms with Crippen LogP contribution in [0.1, 0.15) is 40.7 Å². The Kier molecular flexibility index (Phi) is 5.77. The SMILES string of the molecule is COc1cc(OC)cc(C(=O)N2CCCC2c2nc(-c3cccc(C(F)(F)F)c3)no2)c1. The smallest absolute Gasteiger partial charge is 0.416 e. The van der Waals surface area contributed by atoms with Gasteiger partial charge < -0.3 is 18.9 Å². The largest absolute Gasteiger partial charge is 0.497 e. The van der Waals surface area contributed by atoms with Gasteiger partial charge in [-0.2, -0.15) is 18.2 Å². The van der Waals surface area contributed by atoms with Crippen molar-refractivity contribution in [2.45, 2.75) is 25.1 Å². The summed E-state index contributed by atoms with van der Waals surface area (Å²) in [7, 11) is 2.99. The molecule has 1 amide bonds. The van der Waals surface area contributed by atoms with Gasteiger partial charge in [0.15, 0.2) is 0 Å². The number of hydrogen-bond acceptors (Lipinski definition) is 6. The number of aromatic nitrogens is 2. The molecule has 0 saturated carbocycles. The number of likely N-dealkylation sites (tertiary alicyclic amines) is 1. The summed E-state index contributed by atoms with van der Waals surface area (Å²) in [5.74, 6) is 0.913. The average molecular weight is 447 g/mol. The summed E-state index contributed by atoms with van der Waals surface area (Å²) in [6, 6.07) is 9.12. The second-order valence-corrected chi connectivity index (χ2v) is 7.29. The fraction of sp³-hybridized carbons (Fsp3) is 0.318. The molecule has 1 unspecified atom stereocenters. The van der Waals surface area contributed by atoms with Crippen LogP contribution in [0.2, 0.25) is 0 Å². The number of hydrogen-bond donors (Lipinski definition) is 0.